The van der Waals surface area contributed by atoms with E-state index in [1.807, 2.05) is 0 Å². The number of phosphoric acid groups is 6. The van der Waals surface area contributed by atoms with E-state index >= 15 is 0 Å². The number of aliphatic hydroxyl groups is 1. The standard InChI is InChI=1S/C51H76N6O35P6S4/c1-50(2)38-32-36(101(79,80)81)19-21-40(38)55(26-14-30-99(73,74)75)44(50)16-8-6-9-17-45-51(3,39-33-37(102(82,83)84)20-22-41(39)56(45)27-15-31-100(76,77)78)24-11-7-10-18-47(59)53-25-12-4-5-13-29-85-93(61,62)88-95(65,66)90-97(69,70)92-98(71,72)91-96(67,68)89-94(63,64)86-35-43-42(58)34-48(87-43)57-28-23-46(52)54-49(57)60/h6,8-9,16-17,19-23,28,32-33,42-43,48,58H,4-5,7,10-15,18,24-27,29-31,34-35H2,1-3H3,(H12-,52,53,54,59,60,61,62,63,64,65,66,67,68,69,70,71,72,73,74,75,76,77,78,79,80,81,82,83,84)/t42-,43+,48+,51?/m0/s1. The predicted octanol–water partition coefficient (Wildman–Crippen LogP) is 5.38. The number of aromatic nitrogens is 2. The van der Waals surface area contributed by atoms with Gasteiger partial charge in [0, 0.05) is 73.1 Å². The van der Waals surface area contributed by atoms with E-state index in [1.54, 1.807) is 60.6 Å². The van der Waals surface area contributed by atoms with Crippen LogP contribution in [0.2, 0.25) is 0 Å². The minimum atomic E-state index is -6.57. The van der Waals surface area contributed by atoms with Crippen molar-refractivity contribution in [3.05, 3.63) is 106 Å². The van der Waals surface area contributed by atoms with E-state index in [-0.39, 0.29) is 81.2 Å². The summed E-state index contributed by atoms with van der Waals surface area (Å²) in [6.45, 7) is 3.75. The van der Waals surface area contributed by atoms with Crippen LogP contribution in [-0.2, 0) is 119 Å². The molecule has 2 aromatic carbocycles. The molecule has 1 saturated heterocycles. The zero-order valence-corrected chi connectivity index (χ0v) is 62.7. The lowest BCUT2D eigenvalue weighted by molar-refractivity contribution is -0.437. The Morgan fingerprint density at radius 3 is 1.86 bits per heavy atom. The highest BCUT2D eigenvalue weighted by Gasteiger charge is 2.51. The number of fused-ring (bicyclic) bond motifs is 2. The molecule has 4 heterocycles. The quantitative estimate of drug-likeness (QED) is 0.0112. The molecule has 10 atom stereocenters. The average Bonchev–Trinajstić information content (AvgIpc) is 1.59. The summed E-state index contributed by atoms with van der Waals surface area (Å²) in [7, 11) is -55.9. The van der Waals surface area contributed by atoms with Gasteiger partial charge in [0.05, 0.1) is 46.0 Å². The molecular weight excluding hydrogens is 1570 g/mol. The SMILES string of the molecule is CC1(C)C(C=CC=CC=C2N(CCCS(=O)(=O)O)c3ccc(S(=O)(=O)[O-])cc3C2(C)CCCCCC(=O)NCCCCCCOP(=O)(O)OP(=O)(O)OP(=O)(O)OP(=O)(O)OP(=O)(O)OP(=O)(O)OC[C@H]2O[C@@H](n3ccc(N)nc3=O)C[C@@H]2O)=[N+](CCCS(=O)(=O)O)c2ccc(S(=O)(=O)O)cc21. The molecule has 51 heteroatoms. The minimum Gasteiger partial charge on any atom is -0.744 e. The van der Waals surface area contributed by atoms with Crippen LogP contribution in [-0.4, -0.2) is 169 Å². The van der Waals surface area contributed by atoms with Gasteiger partial charge in [-0.2, -0.15) is 56.4 Å². The fraction of sp³-hybridized carbons (Fsp3) is 0.529. The summed E-state index contributed by atoms with van der Waals surface area (Å²) in [5.74, 6) is -1.73. The number of nitrogens with one attached hydrogen (secondary N) is 1. The maximum absolute atomic E-state index is 12.9. The maximum Gasteiger partial charge on any atom is 0.490 e. The maximum atomic E-state index is 12.9. The number of nitrogen functional groups attached to an aromatic ring is 1. The largest absolute Gasteiger partial charge is 0.744 e. The van der Waals surface area contributed by atoms with Gasteiger partial charge in [0.25, 0.3) is 30.4 Å². The van der Waals surface area contributed by atoms with Gasteiger partial charge < -0.3 is 59.7 Å². The molecule has 102 heavy (non-hydrogen) atoms. The van der Waals surface area contributed by atoms with Gasteiger partial charge in [-0.05, 0) is 101 Å². The lowest BCUT2D eigenvalue weighted by Gasteiger charge is -2.30. The van der Waals surface area contributed by atoms with Crippen molar-refractivity contribution < 1.29 is 158 Å². The number of nitrogens with two attached hydrogens (primary N) is 1. The zero-order valence-electron chi connectivity index (χ0n) is 54.0. The number of anilines is 2. The number of allylic oxidation sites excluding steroid dienone is 6. The average molecular weight is 1650 g/mol. The van der Waals surface area contributed by atoms with Gasteiger partial charge in [-0.25, -0.2) is 40.6 Å². The van der Waals surface area contributed by atoms with Crippen LogP contribution in [0.1, 0.15) is 115 Å². The summed E-state index contributed by atoms with van der Waals surface area (Å²) in [5, 5.41) is 13.0. The van der Waals surface area contributed by atoms with Crippen molar-refractivity contribution in [2.45, 2.75) is 137 Å². The van der Waals surface area contributed by atoms with Crippen LogP contribution in [0.3, 0.4) is 0 Å². The molecule has 1 aromatic heterocycles. The molecule has 3 aromatic rings. The Bertz CT molecular complexity index is 4590. The zero-order chi connectivity index (χ0) is 76.5. The Labute approximate surface area is 584 Å². The molecule has 7 unspecified atom stereocenters. The highest BCUT2D eigenvalue weighted by atomic mass is 32.2. The van der Waals surface area contributed by atoms with E-state index in [0.29, 0.717) is 66.0 Å². The second kappa shape index (κ2) is 34.3. The number of amides is 1. The molecule has 0 aliphatic carbocycles. The van der Waals surface area contributed by atoms with Gasteiger partial charge in [-0.15, -0.1) is 0 Å². The van der Waals surface area contributed by atoms with Gasteiger partial charge >= 0.3 is 52.6 Å². The highest BCUT2D eigenvalue weighted by molar-refractivity contribution is 7.86. The number of aliphatic hydroxyl groups excluding tert-OH is 1. The van der Waals surface area contributed by atoms with Crippen LogP contribution >= 0.6 is 46.9 Å². The number of ether oxygens (including phenoxy) is 1. The number of phosphoric ester groups is 2. The lowest BCUT2D eigenvalue weighted by atomic mass is 9.77. The van der Waals surface area contributed by atoms with Gasteiger partial charge in [0.15, 0.2) is 5.71 Å². The van der Waals surface area contributed by atoms with Crippen molar-refractivity contribution in [3.63, 3.8) is 0 Å². The molecule has 574 valence electrons. The Morgan fingerprint density at radius 1 is 0.716 bits per heavy atom. The first-order chi connectivity index (χ1) is 46.7. The van der Waals surface area contributed by atoms with Crippen molar-refractivity contribution in [1.29, 1.82) is 0 Å². The van der Waals surface area contributed by atoms with Crippen molar-refractivity contribution in [2.75, 3.05) is 55.0 Å². The number of benzene rings is 2. The van der Waals surface area contributed by atoms with E-state index in [0.717, 1.165) is 16.8 Å². The fourth-order valence-corrected chi connectivity index (χ4v) is 20.9. The molecule has 3 aliphatic heterocycles. The first-order valence-electron chi connectivity index (χ1n) is 30.1. The number of rotatable bonds is 41. The van der Waals surface area contributed by atoms with Gasteiger partial charge in [0.2, 0.25) is 11.6 Å². The van der Waals surface area contributed by atoms with Crippen molar-refractivity contribution in [1.82, 2.24) is 14.9 Å². The van der Waals surface area contributed by atoms with E-state index in [9.17, 15) is 123 Å². The van der Waals surface area contributed by atoms with Gasteiger partial charge in [-0.3, -0.25) is 32.1 Å². The lowest BCUT2D eigenvalue weighted by Crippen LogP contribution is -2.30. The Hall–Kier alpha value is -4.30. The first-order valence-corrected chi connectivity index (χ1v) is 45.2. The summed E-state index contributed by atoms with van der Waals surface area (Å²) in [6.07, 6.45) is 7.13. The number of unbranched alkanes of at least 4 members (excludes halogenated alkanes) is 5. The molecule has 0 saturated carbocycles. The van der Waals surface area contributed by atoms with Crippen molar-refractivity contribution in [3.8, 4) is 0 Å². The topological polar surface area (TPSA) is 634 Å². The summed E-state index contributed by atoms with van der Waals surface area (Å²) < 4.78 is 247. The summed E-state index contributed by atoms with van der Waals surface area (Å²) in [5.41, 5.74) is 5.43. The van der Waals surface area contributed by atoms with Gasteiger partial charge in [0.1, 0.15) is 34.8 Å². The van der Waals surface area contributed by atoms with Gasteiger partial charge in [-0.1, -0.05) is 43.9 Å². The summed E-state index contributed by atoms with van der Waals surface area (Å²) >= 11 is 0. The molecular formula is C51H76N6O35P6S4. The molecule has 1 amide bonds. The van der Waals surface area contributed by atoms with Crippen LogP contribution in [0.5, 0.6) is 0 Å². The number of hydrogen-bond donors (Lipinski definition) is 12. The van der Waals surface area contributed by atoms with Crippen molar-refractivity contribution >= 4 is 116 Å². The van der Waals surface area contributed by atoms with E-state index < -0.39 is 152 Å². The minimum absolute atomic E-state index is 0.0129. The molecule has 0 spiro atoms. The monoisotopic (exact) mass is 1650 g/mol. The molecule has 3 aliphatic rings. The van der Waals surface area contributed by atoms with Crippen LogP contribution in [0.4, 0.5) is 17.2 Å². The van der Waals surface area contributed by atoms with E-state index in [2.05, 4.69) is 40.9 Å². The molecule has 0 radical (unpaired) electrons. The van der Waals surface area contributed by atoms with Crippen molar-refractivity contribution in [2.24, 2.45) is 0 Å². The number of hydrogen-bond acceptors (Lipinski definition) is 29. The highest BCUT2D eigenvalue weighted by Crippen LogP contribution is 2.75. The second-order valence-electron chi connectivity index (χ2n) is 23.7. The first kappa shape index (κ1) is 86.6. The molecule has 0 bridgehead atoms. The molecule has 13 N–H and O–H groups in total. The third-order valence-electron chi connectivity index (χ3n) is 15.5. The van der Waals surface area contributed by atoms with E-state index in [1.165, 1.54) is 36.4 Å². The second-order valence-corrected chi connectivity index (χ2v) is 39.0. The molecule has 6 rings (SSSR count). The summed E-state index contributed by atoms with van der Waals surface area (Å²) in [4.78, 5) is 88.6. The Morgan fingerprint density at radius 2 is 1.27 bits per heavy atom. The van der Waals surface area contributed by atoms with E-state index in [4.69, 9.17) is 10.5 Å². The van der Waals surface area contributed by atoms with Crippen LogP contribution < -0.4 is 21.6 Å². The predicted molar refractivity (Wildman–Crippen MR) is 355 cm³/mol. The Balaban J connectivity index is 0.967. The molecule has 1 fully saturated rings. The summed E-state index contributed by atoms with van der Waals surface area (Å²) in [6, 6.07) is 8.93. The third-order valence-corrected chi connectivity index (χ3v) is 28.0. The van der Waals surface area contributed by atoms with Crippen LogP contribution in [0, 0.1) is 0 Å². The van der Waals surface area contributed by atoms with Crippen LogP contribution in [0.15, 0.2) is 99.3 Å². The number of nitrogens with zero attached hydrogens (tertiary/aromatic N) is 4. The number of carbonyl (C=O) groups excluding carboxylic acids is 1. The molecule has 41 nitrogen and oxygen atoms in total. The number of carbonyl (C=O) groups is 1. The van der Waals surface area contributed by atoms with Crippen LogP contribution in [0.25, 0.3) is 0 Å². The normalized spacial score (nSPS) is 22.8. The fourth-order valence-electron chi connectivity index (χ4n) is 11.0. The third kappa shape index (κ3) is 26.0. The Kier molecular flexibility index (Phi) is 29.1. The smallest absolute Gasteiger partial charge is 0.490 e.